The fourth-order valence-corrected chi connectivity index (χ4v) is 2.52. The number of furan rings is 1. The first-order valence-corrected chi connectivity index (χ1v) is 8.02. The molecule has 3 rings (SSSR count). The third-order valence-corrected chi connectivity index (χ3v) is 3.80. The van der Waals surface area contributed by atoms with Crippen LogP contribution in [0.4, 0.5) is 5.88 Å². The number of rotatable bonds is 6. The van der Waals surface area contributed by atoms with Gasteiger partial charge in [-0.05, 0) is 31.0 Å². The Morgan fingerprint density at radius 3 is 2.65 bits per heavy atom. The smallest absolute Gasteiger partial charge is 0.422 e. The zero-order valence-electron chi connectivity index (χ0n) is 13.9. The molecule has 8 heteroatoms. The lowest BCUT2D eigenvalue weighted by Crippen LogP contribution is -2.15. The van der Waals surface area contributed by atoms with Crippen LogP contribution < -0.4 is 10.4 Å². The molecule has 8 nitrogen and oxygen atoms in total. The number of fused-ring (bicyclic) bond motifs is 1. The van der Waals surface area contributed by atoms with Gasteiger partial charge in [0.2, 0.25) is 5.76 Å². The lowest BCUT2D eigenvalue weighted by Gasteiger charge is -2.10. The van der Waals surface area contributed by atoms with E-state index in [1.54, 1.807) is 24.3 Å². The maximum absolute atomic E-state index is 12.4. The van der Waals surface area contributed by atoms with Gasteiger partial charge in [-0.2, -0.15) is 0 Å². The first-order valence-electron chi connectivity index (χ1n) is 8.02. The summed E-state index contributed by atoms with van der Waals surface area (Å²) in [5.41, 5.74) is -0.0451. The third-order valence-electron chi connectivity index (χ3n) is 3.80. The van der Waals surface area contributed by atoms with Crippen LogP contribution in [-0.4, -0.2) is 10.9 Å². The Balaban J connectivity index is 2.05. The molecule has 0 spiro atoms. The zero-order chi connectivity index (χ0) is 18.7. The average Bonchev–Trinajstić information content (AvgIpc) is 3.11. The monoisotopic (exact) mass is 357 g/mol. The van der Waals surface area contributed by atoms with E-state index in [1.165, 1.54) is 0 Å². The van der Waals surface area contributed by atoms with E-state index in [4.69, 9.17) is 13.6 Å². The van der Waals surface area contributed by atoms with Crippen molar-refractivity contribution in [3.05, 3.63) is 68.3 Å². The highest BCUT2D eigenvalue weighted by Crippen LogP contribution is 2.30. The van der Waals surface area contributed by atoms with Gasteiger partial charge in [0, 0.05) is 0 Å². The van der Waals surface area contributed by atoms with Crippen LogP contribution in [0.15, 0.2) is 50.0 Å². The predicted molar refractivity (Wildman–Crippen MR) is 91.4 cm³/mol. The lowest BCUT2D eigenvalue weighted by molar-refractivity contribution is -0.402. The number of unbranched alkanes of at least 4 members (excludes halogenated alkanes) is 1. The second-order valence-electron chi connectivity index (χ2n) is 5.58. The molecule has 0 radical (unpaired) electrons. The number of para-hydroxylation sites is 1. The van der Waals surface area contributed by atoms with Crippen molar-refractivity contribution in [2.24, 2.45) is 0 Å². The molecule has 0 fully saturated rings. The van der Waals surface area contributed by atoms with Gasteiger partial charge >= 0.3 is 17.5 Å². The van der Waals surface area contributed by atoms with Crippen LogP contribution in [0.5, 0.6) is 5.75 Å². The molecule has 0 unspecified atom stereocenters. The molecule has 0 atom stereocenters. The molecule has 2 aromatic heterocycles. The van der Waals surface area contributed by atoms with Gasteiger partial charge in [0.15, 0.2) is 5.75 Å². The average molecular weight is 357 g/mol. The first kappa shape index (κ1) is 17.4. The molecule has 0 amide bonds. The van der Waals surface area contributed by atoms with E-state index in [2.05, 4.69) is 0 Å². The van der Waals surface area contributed by atoms with Crippen molar-refractivity contribution in [3.63, 3.8) is 0 Å². The van der Waals surface area contributed by atoms with Crippen molar-refractivity contribution in [2.45, 2.75) is 26.2 Å². The van der Waals surface area contributed by atoms with Gasteiger partial charge in [0.25, 0.3) is 0 Å². The van der Waals surface area contributed by atoms with Gasteiger partial charge in [-0.15, -0.1) is 0 Å². The standard InChI is InChI=1S/C18H15NO7/c1-2-3-6-12-16(11-7-4-5-8-13(11)25-17(12)20)26-18(21)14-9-10-15(24-14)19(22)23/h4-5,7-10H,2-3,6H2,1H3. The topological polar surface area (TPSA) is 113 Å². The highest BCUT2D eigenvalue weighted by molar-refractivity contribution is 5.93. The van der Waals surface area contributed by atoms with E-state index < -0.39 is 22.4 Å². The summed E-state index contributed by atoms with van der Waals surface area (Å²) in [6.45, 7) is 1.97. The van der Waals surface area contributed by atoms with Crippen LogP contribution in [-0.2, 0) is 6.42 Å². The lowest BCUT2D eigenvalue weighted by atomic mass is 10.1. The van der Waals surface area contributed by atoms with E-state index in [-0.39, 0.29) is 22.7 Å². The summed E-state index contributed by atoms with van der Waals surface area (Å²) in [5, 5.41) is 11.2. The Bertz CT molecular complexity index is 1030. The summed E-state index contributed by atoms with van der Waals surface area (Å²) in [6.07, 6.45) is 1.93. The number of carbonyl (C=O) groups is 1. The van der Waals surface area contributed by atoms with Crippen LogP contribution in [0.1, 0.15) is 35.9 Å². The van der Waals surface area contributed by atoms with Crippen LogP contribution in [0.25, 0.3) is 11.0 Å². The second-order valence-corrected chi connectivity index (χ2v) is 5.58. The van der Waals surface area contributed by atoms with Crippen LogP contribution in [0.2, 0.25) is 0 Å². The summed E-state index contributed by atoms with van der Waals surface area (Å²) < 4.78 is 15.6. The number of hydrogen-bond acceptors (Lipinski definition) is 7. The largest absolute Gasteiger partial charge is 0.433 e. The maximum Gasteiger partial charge on any atom is 0.433 e. The summed E-state index contributed by atoms with van der Waals surface area (Å²) in [6, 6.07) is 8.89. The molecule has 0 bridgehead atoms. The van der Waals surface area contributed by atoms with Crippen molar-refractivity contribution in [1.29, 1.82) is 0 Å². The van der Waals surface area contributed by atoms with Crippen molar-refractivity contribution in [3.8, 4) is 5.75 Å². The number of hydrogen-bond donors (Lipinski definition) is 0. The molecular weight excluding hydrogens is 342 g/mol. The van der Waals surface area contributed by atoms with E-state index in [0.29, 0.717) is 18.2 Å². The van der Waals surface area contributed by atoms with E-state index in [0.717, 1.165) is 18.6 Å². The Morgan fingerprint density at radius 2 is 1.96 bits per heavy atom. The number of ether oxygens (including phenoxy) is 1. The number of carbonyl (C=O) groups excluding carboxylic acids is 1. The summed E-state index contributed by atoms with van der Waals surface area (Å²) in [7, 11) is 0. The Labute approximate surface area is 147 Å². The minimum absolute atomic E-state index is 0.0920. The van der Waals surface area contributed by atoms with E-state index in [9.17, 15) is 19.7 Å². The quantitative estimate of drug-likeness (QED) is 0.285. The molecular formula is C18H15NO7. The van der Waals surface area contributed by atoms with Gasteiger partial charge in [-0.1, -0.05) is 25.5 Å². The van der Waals surface area contributed by atoms with Crippen LogP contribution >= 0.6 is 0 Å². The minimum atomic E-state index is -0.924. The van der Waals surface area contributed by atoms with E-state index in [1.807, 2.05) is 6.92 Å². The molecule has 26 heavy (non-hydrogen) atoms. The van der Waals surface area contributed by atoms with Crippen molar-refractivity contribution < 1.29 is 23.3 Å². The molecule has 3 aromatic rings. The fraction of sp³-hybridized carbons (Fsp3) is 0.222. The van der Waals surface area contributed by atoms with Crippen molar-refractivity contribution in [2.75, 3.05) is 0 Å². The Kier molecular flexibility index (Phi) is 4.83. The van der Waals surface area contributed by atoms with Gasteiger partial charge in [-0.25, -0.2) is 9.59 Å². The van der Waals surface area contributed by atoms with Gasteiger partial charge < -0.3 is 13.6 Å². The van der Waals surface area contributed by atoms with Gasteiger partial charge in [-0.3, -0.25) is 10.1 Å². The van der Waals surface area contributed by atoms with Crippen LogP contribution in [0.3, 0.4) is 0 Å². The number of nitro groups is 1. The molecule has 134 valence electrons. The number of benzene rings is 1. The van der Waals surface area contributed by atoms with Gasteiger partial charge in [0.05, 0.1) is 17.0 Å². The summed E-state index contributed by atoms with van der Waals surface area (Å²) >= 11 is 0. The summed E-state index contributed by atoms with van der Waals surface area (Å²) in [5.74, 6) is -1.72. The Morgan fingerprint density at radius 1 is 1.19 bits per heavy atom. The normalized spacial score (nSPS) is 10.8. The van der Waals surface area contributed by atoms with Crippen LogP contribution in [0, 0.1) is 10.1 Å². The fourth-order valence-electron chi connectivity index (χ4n) is 2.52. The molecule has 0 saturated heterocycles. The molecule has 1 aromatic carbocycles. The highest BCUT2D eigenvalue weighted by Gasteiger charge is 2.23. The van der Waals surface area contributed by atoms with Crippen molar-refractivity contribution >= 4 is 22.8 Å². The van der Waals surface area contributed by atoms with Gasteiger partial charge in [0.1, 0.15) is 10.5 Å². The molecule has 2 heterocycles. The second kappa shape index (κ2) is 7.22. The molecule has 0 aliphatic heterocycles. The predicted octanol–water partition coefficient (Wildman–Crippen LogP) is 3.86. The highest BCUT2D eigenvalue weighted by atomic mass is 16.7. The molecule has 0 saturated carbocycles. The Hall–Kier alpha value is -3.42. The summed E-state index contributed by atoms with van der Waals surface area (Å²) in [4.78, 5) is 34.6. The maximum atomic E-state index is 12.4. The zero-order valence-corrected chi connectivity index (χ0v) is 13.9. The SMILES string of the molecule is CCCCc1c(OC(=O)c2ccc([N+](=O)[O-])o2)c2ccccc2oc1=O. The molecule has 0 aliphatic rings. The van der Waals surface area contributed by atoms with E-state index >= 15 is 0 Å². The molecule has 0 N–H and O–H groups in total. The molecule has 0 aliphatic carbocycles. The van der Waals surface area contributed by atoms with Crippen molar-refractivity contribution in [1.82, 2.24) is 0 Å². The number of nitrogens with zero attached hydrogens (tertiary/aromatic N) is 1. The number of esters is 1. The first-order chi connectivity index (χ1) is 12.5. The minimum Gasteiger partial charge on any atom is -0.422 e. The third kappa shape index (κ3) is 3.34.